The number of ketones is 1. The SMILES string of the molecule is O=C(O)/C=C(\C(=O)[O-])c1cccc([P+](CC(=O)c2ccccc2)(c2ccccc2)c2ccccc2)c1. The summed E-state index contributed by atoms with van der Waals surface area (Å²) in [5.74, 6) is -3.01. The molecule has 0 amide bonds. The molecule has 0 aromatic heterocycles. The van der Waals surface area contributed by atoms with E-state index in [0.29, 0.717) is 11.6 Å². The Morgan fingerprint density at radius 1 is 0.667 bits per heavy atom. The maximum absolute atomic E-state index is 13.7. The number of hydrogen-bond acceptors (Lipinski definition) is 4. The Balaban J connectivity index is 2.00. The number of Topliss-reactive ketones (excluding diaryl/α,β-unsaturated/α-hetero) is 1. The van der Waals surface area contributed by atoms with Crippen LogP contribution in [0.4, 0.5) is 0 Å². The van der Waals surface area contributed by atoms with Crippen molar-refractivity contribution >= 4 is 46.5 Å². The van der Waals surface area contributed by atoms with Crippen LogP contribution >= 0.6 is 7.26 Å². The monoisotopic (exact) mass is 494 g/mol. The second kappa shape index (κ2) is 10.9. The van der Waals surface area contributed by atoms with E-state index in [2.05, 4.69) is 0 Å². The first kappa shape index (κ1) is 24.8. The minimum Gasteiger partial charge on any atom is -0.545 e. The lowest BCUT2D eigenvalue weighted by Gasteiger charge is -2.27. The van der Waals surface area contributed by atoms with E-state index < -0.39 is 24.8 Å². The van der Waals surface area contributed by atoms with Gasteiger partial charge in [0.1, 0.15) is 29.3 Å². The molecule has 0 atom stereocenters. The van der Waals surface area contributed by atoms with Crippen LogP contribution in [-0.4, -0.2) is 29.0 Å². The van der Waals surface area contributed by atoms with Crippen molar-refractivity contribution in [3.05, 3.63) is 132 Å². The molecule has 6 heteroatoms. The first-order valence-corrected chi connectivity index (χ1v) is 13.2. The lowest BCUT2D eigenvalue weighted by molar-refractivity contribution is -0.295. The Kier molecular flexibility index (Phi) is 7.53. The van der Waals surface area contributed by atoms with Crippen molar-refractivity contribution in [2.45, 2.75) is 0 Å². The van der Waals surface area contributed by atoms with E-state index in [-0.39, 0.29) is 17.5 Å². The van der Waals surface area contributed by atoms with E-state index in [1.807, 2.05) is 84.9 Å². The number of carboxylic acids is 2. The molecule has 0 aliphatic heterocycles. The van der Waals surface area contributed by atoms with Gasteiger partial charge in [0.15, 0.2) is 0 Å². The van der Waals surface area contributed by atoms with Crippen molar-refractivity contribution in [1.82, 2.24) is 0 Å². The number of carbonyl (C=O) groups is 3. The summed E-state index contributed by atoms with van der Waals surface area (Å²) < 4.78 is 0. The highest BCUT2D eigenvalue weighted by Gasteiger charge is 2.47. The van der Waals surface area contributed by atoms with Gasteiger partial charge in [0, 0.05) is 17.2 Å². The molecule has 36 heavy (non-hydrogen) atoms. The molecule has 4 aromatic carbocycles. The Labute approximate surface area is 209 Å². The van der Waals surface area contributed by atoms with Gasteiger partial charge in [-0.05, 0) is 42.0 Å². The van der Waals surface area contributed by atoms with Crippen LogP contribution in [-0.2, 0) is 9.59 Å². The molecule has 0 heterocycles. The summed E-state index contributed by atoms with van der Waals surface area (Å²) in [6, 6.07) is 35.3. The average Bonchev–Trinajstić information content (AvgIpc) is 2.91. The van der Waals surface area contributed by atoms with Gasteiger partial charge < -0.3 is 15.0 Å². The van der Waals surface area contributed by atoms with Gasteiger partial charge in [0.05, 0.1) is 5.97 Å². The molecule has 4 rings (SSSR count). The zero-order chi connectivity index (χ0) is 25.5. The third-order valence-electron chi connectivity index (χ3n) is 5.96. The zero-order valence-corrected chi connectivity index (χ0v) is 20.2. The van der Waals surface area contributed by atoms with Gasteiger partial charge in [-0.25, -0.2) is 4.79 Å². The van der Waals surface area contributed by atoms with Crippen molar-refractivity contribution in [3.8, 4) is 0 Å². The van der Waals surface area contributed by atoms with Crippen LogP contribution in [0.25, 0.3) is 5.57 Å². The third-order valence-corrected chi connectivity index (χ3v) is 10.2. The lowest BCUT2D eigenvalue weighted by Crippen LogP contribution is -2.36. The van der Waals surface area contributed by atoms with Crippen molar-refractivity contribution in [3.63, 3.8) is 0 Å². The molecule has 0 saturated carbocycles. The summed E-state index contributed by atoms with van der Waals surface area (Å²) in [4.78, 5) is 36.8. The standard InChI is InChI=1S/C30H23O5P/c31-28(22-11-4-1-5-12-22)21-36(24-14-6-2-7-15-24,25-16-8-3-9-17-25)26-18-10-13-23(19-26)27(30(34)35)20-29(32)33/h1-20H,21H2,(H-,32,33,34,35)/b27-20-. The molecular weight excluding hydrogens is 471 g/mol. The number of benzene rings is 4. The Morgan fingerprint density at radius 2 is 1.14 bits per heavy atom. The smallest absolute Gasteiger partial charge is 0.328 e. The van der Waals surface area contributed by atoms with E-state index >= 15 is 0 Å². The molecule has 0 fully saturated rings. The molecule has 4 aromatic rings. The van der Waals surface area contributed by atoms with Crippen LogP contribution in [0.15, 0.2) is 121 Å². The summed E-state index contributed by atoms with van der Waals surface area (Å²) in [5, 5.41) is 23.7. The van der Waals surface area contributed by atoms with Gasteiger partial charge in [0.25, 0.3) is 0 Å². The zero-order valence-electron chi connectivity index (χ0n) is 19.3. The Bertz CT molecular complexity index is 1370. The molecule has 0 unspecified atom stereocenters. The summed E-state index contributed by atoms with van der Waals surface area (Å²) in [7, 11) is -2.64. The highest BCUT2D eigenvalue weighted by atomic mass is 31.2. The lowest BCUT2D eigenvalue weighted by atomic mass is 10.1. The normalized spacial score (nSPS) is 11.6. The van der Waals surface area contributed by atoms with Gasteiger partial charge in [-0.3, -0.25) is 4.79 Å². The van der Waals surface area contributed by atoms with Crippen LogP contribution in [0.3, 0.4) is 0 Å². The predicted molar refractivity (Wildman–Crippen MR) is 141 cm³/mol. The van der Waals surface area contributed by atoms with Crippen LogP contribution in [0, 0.1) is 0 Å². The Hall–Kier alpha value is -4.34. The molecular formula is C30H23O5P. The fraction of sp³-hybridized carbons (Fsp3) is 0.0333. The average molecular weight is 494 g/mol. The minimum absolute atomic E-state index is 0.0387. The van der Waals surface area contributed by atoms with Crippen LogP contribution in [0.1, 0.15) is 15.9 Å². The summed E-state index contributed by atoms with van der Waals surface area (Å²) in [6.07, 6.45) is 0.812. The Morgan fingerprint density at radius 3 is 1.64 bits per heavy atom. The maximum atomic E-state index is 13.7. The highest BCUT2D eigenvalue weighted by molar-refractivity contribution is 7.96. The molecule has 0 radical (unpaired) electrons. The molecule has 0 bridgehead atoms. The molecule has 5 nitrogen and oxygen atoms in total. The number of carboxylic acid groups (broad SMARTS) is 2. The second-order valence-corrected chi connectivity index (χ2v) is 11.6. The first-order valence-electron chi connectivity index (χ1n) is 11.3. The van der Waals surface area contributed by atoms with Gasteiger partial charge in [-0.2, -0.15) is 0 Å². The van der Waals surface area contributed by atoms with Crippen molar-refractivity contribution < 1.29 is 24.6 Å². The summed E-state index contributed by atoms with van der Waals surface area (Å²) in [5.41, 5.74) is 0.363. The number of carbonyl (C=O) groups excluding carboxylic acids is 2. The van der Waals surface area contributed by atoms with Crippen LogP contribution in [0.5, 0.6) is 0 Å². The second-order valence-electron chi connectivity index (χ2n) is 8.16. The van der Waals surface area contributed by atoms with E-state index in [9.17, 15) is 24.6 Å². The van der Waals surface area contributed by atoms with Gasteiger partial charge in [-0.1, -0.05) is 78.9 Å². The highest BCUT2D eigenvalue weighted by Crippen LogP contribution is 2.55. The maximum Gasteiger partial charge on any atom is 0.328 e. The van der Waals surface area contributed by atoms with E-state index in [4.69, 9.17) is 0 Å². The quantitative estimate of drug-likeness (QED) is 0.219. The molecule has 178 valence electrons. The topological polar surface area (TPSA) is 94.5 Å². The van der Waals surface area contributed by atoms with E-state index in [1.54, 1.807) is 24.3 Å². The molecule has 0 aliphatic rings. The fourth-order valence-corrected chi connectivity index (χ4v) is 8.43. The summed E-state index contributed by atoms with van der Waals surface area (Å²) >= 11 is 0. The van der Waals surface area contributed by atoms with Gasteiger partial charge in [-0.15, -0.1) is 0 Å². The van der Waals surface area contributed by atoms with Crippen LogP contribution < -0.4 is 21.0 Å². The van der Waals surface area contributed by atoms with Crippen molar-refractivity contribution in [2.75, 3.05) is 6.16 Å². The van der Waals surface area contributed by atoms with Crippen molar-refractivity contribution in [1.29, 1.82) is 0 Å². The van der Waals surface area contributed by atoms with Gasteiger partial charge >= 0.3 is 5.97 Å². The van der Waals surface area contributed by atoms with E-state index in [0.717, 1.165) is 15.9 Å². The fourth-order valence-electron chi connectivity index (χ4n) is 4.31. The predicted octanol–water partition coefficient (Wildman–Crippen LogP) is 3.08. The molecule has 0 aliphatic carbocycles. The summed E-state index contributed by atoms with van der Waals surface area (Å²) in [6.45, 7) is 0. The number of hydrogen-bond donors (Lipinski definition) is 1. The van der Waals surface area contributed by atoms with Gasteiger partial charge in [0.2, 0.25) is 5.78 Å². The minimum atomic E-state index is -2.64. The first-order chi connectivity index (χ1) is 17.4. The number of rotatable bonds is 9. The molecule has 0 spiro atoms. The van der Waals surface area contributed by atoms with Crippen LogP contribution in [0.2, 0.25) is 0 Å². The van der Waals surface area contributed by atoms with Crippen molar-refractivity contribution in [2.24, 2.45) is 0 Å². The number of aliphatic carboxylic acids is 2. The largest absolute Gasteiger partial charge is 0.545 e. The molecule has 1 N–H and O–H groups in total. The molecule has 0 saturated heterocycles. The van der Waals surface area contributed by atoms with E-state index in [1.165, 1.54) is 6.07 Å². The third kappa shape index (κ3) is 5.17.